The van der Waals surface area contributed by atoms with E-state index < -0.39 is 0 Å². The number of H-pyrrole nitrogens is 1. The van der Waals surface area contributed by atoms with Crippen LogP contribution in [0.3, 0.4) is 0 Å². The number of carbonyl (C=O) groups excluding carboxylic acids is 1. The summed E-state index contributed by atoms with van der Waals surface area (Å²) in [6, 6.07) is 7.78. The number of amides is 1. The van der Waals surface area contributed by atoms with Crippen molar-refractivity contribution in [1.29, 1.82) is 0 Å². The third-order valence-corrected chi connectivity index (χ3v) is 2.91. The number of rotatable bonds is 5. The van der Waals surface area contributed by atoms with Gasteiger partial charge in [-0.15, -0.1) is 0 Å². The Balaban J connectivity index is 1.99. The van der Waals surface area contributed by atoms with E-state index in [0.29, 0.717) is 5.95 Å². The Kier molecular flexibility index (Phi) is 3.82. The van der Waals surface area contributed by atoms with Gasteiger partial charge in [-0.05, 0) is 26.0 Å². The molecule has 0 aliphatic carbocycles. The van der Waals surface area contributed by atoms with Gasteiger partial charge >= 0.3 is 0 Å². The maximum absolute atomic E-state index is 11.8. The quantitative estimate of drug-likeness (QED) is 0.846. The summed E-state index contributed by atoms with van der Waals surface area (Å²) < 4.78 is 0. The maximum atomic E-state index is 11.8. The number of hydrogen-bond donors (Lipinski definition) is 2. The van der Waals surface area contributed by atoms with E-state index in [1.807, 2.05) is 38.1 Å². The van der Waals surface area contributed by atoms with Crippen LogP contribution in [0.1, 0.15) is 13.8 Å². The fourth-order valence-corrected chi connectivity index (χ4v) is 1.88. The molecule has 1 heterocycles. The van der Waals surface area contributed by atoms with E-state index in [0.717, 1.165) is 24.1 Å². The van der Waals surface area contributed by atoms with Crippen LogP contribution in [0, 0.1) is 0 Å². The van der Waals surface area contributed by atoms with Crippen LogP contribution in [0.5, 0.6) is 0 Å². The predicted molar refractivity (Wildman–Crippen MR) is 72.5 cm³/mol. The van der Waals surface area contributed by atoms with Crippen molar-refractivity contribution in [3.05, 3.63) is 24.3 Å². The summed E-state index contributed by atoms with van der Waals surface area (Å²) in [5.74, 6) is 0.720. The highest BCUT2D eigenvalue weighted by Gasteiger charge is 2.09. The number of anilines is 1. The van der Waals surface area contributed by atoms with Crippen LogP contribution in [0.2, 0.25) is 0 Å². The van der Waals surface area contributed by atoms with Crippen molar-refractivity contribution in [3.8, 4) is 0 Å². The van der Waals surface area contributed by atoms with Gasteiger partial charge in [-0.25, -0.2) is 4.98 Å². The molecule has 0 aliphatic heterocycles. The topological polar surface area (TPSA) is 61.0 Å². The summed E-state index contributed by atoms with van der Waals surface area (Å²) >= 11 is 0. The van der Waals surface area contributed by atoms with Gasteiger partial charge in [0.15, 0.2) is 0 Å². The minimum absolute atomic E-state index is 0.0838. The SMILES string of the molecule is CCN(CC)C(=O)CNc1nc2ccccc2[nH]1. The normalized spacial score (nSPS) is 10.6. The first-order valence-corrected chi connectivity index (χ1v) is 6.21. The van der Waals surface area contributed by atoms with Gasteiger partial charge in [-0.2, -0.15) is 0 Å². The summed E-state index contributed by atoms with van der Waals surface area (Å²) in [5, 5.41) is 3.03. The van der Waals surface area contributed by atoms with E-state index in [9.17, 15) is 4.79 Å². The molecule has 0 radical (unpaired) electrons. The van der Waals surface area contributed by atoms with E-state index in [-0.39, 0.29) is 12.5 Å². The van der Waals surface area contributed by atoms with Crippen LogP contribution >= 0.6 is 0 Å². The lowest BCUT2D eigenvalue weighted by molar-refractivity contribution is -0.128. The number of nitrogens with zero attached hydrogens (tertiary/aromatic N) is 2. The average Bonchev–Trinajstić information content (AvgIpc) is 2.80. The van der Waals surface area contributed by atoms with Crippen molar-refractivity contribution >= 4 is 22.9 Å². The second-order valence-electron chi connectivity index (χ2n) is 4.02. The summed E-state index contributed by atoms with van der Waals surface area (Å²) in [5.41, 5.74) is 1.87. The second-order valence-corrected chi connectivity index (χ2v) is 4.02. The molecular weight excluding hydrogens is 228 g/mol. The van der Waals surface area contributed by atoms with Crippen molar-refractivity contribution < 1.29 is 4.79 Å². The molecule has 0 aliphatic rings. The Hall–Kier alpha value is -2.04. The van der Waals surface area contributed by atoms with Crippen molar-refractivity contribution in [1.82, 2.24) is 14.9 Å². The molecule has 0 saturated heterocycles. The third kappa shape index (κ3) is 2.61. The molecule has 0 spiro atoms. The zero-order valence-corrected chi connectivity index (χ0v) is 10.7. The van der Waals surface area contributed by atoms with Crippen molar-refractivity contribution in [2.45, 2.75) is 13.8 Å². The van der Waals surface area contributed by atoms with Crippen LogP contribution < -0.4 is 5.32 Å². The average molecular weight is 246 g/mol. The number of aromatic nitrogens is 2. The monoisotopic (exact) mass is 246 g/mol. The number of likely N-dealkylation sites (N-methyl/N-ethyl adjacent to an activating group) is 1. The first-order valence-electron chi connectivity index (χ1n) is 6.21. The van der Waals surface area contributed by atoms with Crippen LogP contribution in [0.15, 0.2) is 24.3 Å². The number of para-hydroxylation sites is 2. The summed E-state index contributed by atoms with van der Waals surface area (Å²) in [7, 11) is 0. The van der Waals surface area contributed by atoms with Gasteiger partial charge in [0.1, 0.15) is 0 Å². The Morgan fingerprint density at radius 1 is 1.33 bits per heavy atom. The number of fused-ring (bicyclic) bond motifs is 1. The second kappa shape index (κ2) is 5.53. The lowest BCUT2D eigenvalue weighted by atomic mass is 10.3. The fraction of sp³-hybridized carbons (Fsp3) is 0.385. The number of carbonyl (C=O) groups is 1. The Morgan fingerprint density at radius 3 is 2.72 bits per heavy atom. The van der Waals surface area contributed by atoms with E-state index in [1.165, 1.54) is 0 Å². The van der Waals surface area contributed by atoms with Gasteiger partial charge in [0.05, 0.1) is 17.6 Å². The first-order chi connectivity index (χ1) is 8.74. The van der Waals surface area contributed by atoms with Gasteiger partial charge in [0, 0.05) is 13.1 Å². The summed E-state index contributed by atoms with van der Waals surface area (Å²) in [6.07, 6.45) is 0. The van der Waals surface area contributed by atoms with Gasteiger partial charge in [-0.1, -0.05) is 12.1 Å². The molecule has 96 valence electrons. The minimum atomic E-state index is 0.0838. The number of hydrogen-bond acceptors (Lipinski definition) is 3. The van der Waals surface area contributed by atoms with E-state index in [2.05, 4.69) is 15.3 Å². The lowest BCUT2D eigenvalue weighted by Crippen LogP contribution is -2.35. The Labute approximate surface area is 106 Å². The molecule has 0 saturated carbocycles. The van der Waals surface area contributed by atoms with E-state index in [1.54, 1.807) is 4.90 Å². The maximum Gasteiger partial charge on any atom is 0.241 e. The molecule has 5 heteroatoms. The van der Waals surface area contributed by atoms with E-state index >= 15 is 0 Å². The first kappa shape index (κ1) is 12.4. The highest BCUT2D eigenvalue weighted by Crippen LogP contribution is 2.12. The molecular formula is C13H18N4O. The van der Waals surface area contributed by atoms with E-state index in [4.69, 9.17) is 0 Å². The van der Waals surface area contributed by atoms with Gasteiger partial charge in [0.2, 0.25) is 11.9 Å². The zero-order chi connectivity index (χ0) is 13.0. The molecule has 0 atom stereocenters. The summed E-state index contributed by atoms with van der Waals surface area (Å²) in [6.45, 7) is 5.68. The minimum Gasteiger partial charge on any atom is -0.347 e. The predicted octanol–water partition coefficient (Wildman–Crippen LogP) is 1.84. The van der Waals surface area contributed by atoms with Crippen LogP contribution in [-0.2, 0) is 4.79 Å². The number of imidazole rings is 1. The largest absolute Gasteiger partial charge is 0.347 e. The third-order valence-electron chi connectivity index (χ3n) is 2.91. The molecule has 0 fully saturated rings. The van der Waals surface area contributed by atoms with Gasteiger partial charge < -0.3 is 15.2 Å². The Morgan fingerprint density at radius 2 is 2.06 bits per heavy atom. The number of aromatic amines is 1. The van der Waals surface area contributed by atoms with Crippen LogP contribution in [-0.4, -0.2) is 40.4 Å². The fourth-order valence-electron chi connectivity index (χ4n) is 1.88. The van der Waals surface area contributed by atoms with Crippen molar-refractivity contribution in [2.75, 3.05) is 25.0 Å². The molecule has 1 amide bonds. The van der Waals surface area contributed by atoms with Gasteiger partial charge in [-0.3, -0.25) is 4.79 Å². The molecule has 2 rings (SSSR count). The molecule has 1 aromatic carbocycles. The van der Waals surface area contributed by atoms with Crippen molar-refractivity contribution in [2.24, 2.45) is 0 Å². The molecule has 2 aromatic rings. The highest BCUT2D eigenvalue weighted by atomic mass is 16.2. The molecule has 2 N–H and O–H groups in total. The number of benzene rings is 1. The molecule has 0 unspecified atom stereocenters. The smallest absolute Gasteiger partial charge is 0.241 e. The standard InChI is InChI=1S/C13H18N4O/c1-3-17(4-2)12(18)9-14-13-15-10-7-5-6-8-11(10)16-13/h5-8H,3-4,9H2,1-2H3,(H2,14,15,16). The van der Waals surface area contributed by atoms with Gasteiger partial charge in [0.25, 0.3) is 0 Å². The number of nitrogens with one attached hydrogen (secondary N) is 2. The van der Waals surface area contributed by atoms with Crippen LogP contribution in [0.25, 0.3) is 11.0 Å². The zero-order valence-electron chi connectivity index (χ0n) is 10.7. The molecule has 18 heavy (non-hydrogen) atoms. The lowest BCUT2D eigenvalue weighted by Gasteiger charge is -2.18. The molecule has 0 bridgehead atoms. The molecule has 5 nitrogen and oxygen atoms in total. The summed E-state index contributed by atoms with van der Waals surface area (Å²) in [4.78, 5) is 21.1. The molecule has 1 aromatic heterocycles. The highest BCUT2D eigenvalue weighted by molar-refractivity contribution is 5.82. The Bertz CT molecular complexity index is 498. The van der Waals surface area contributed by atoms with Crippen molar-refractivity contribution in [3.63, 3.8) is 0 Å². The van der Waals surface area contributed by atoms with Crippen LogP contribution in [0.4, 0.5) is 5.95 Å².